The zero-order valence-electron chi connectivity index (χ0n) is 13.3. The molecule has 25 heavy (non-hydrogen) atoms. The molecule has 1 aliphatic rings. The highest BCUT2D eigenvalue weighted by molar-refractivity contribution is 5.72. The number of hydrogen-bond donors (Lipinski definition) is 1. The lowest BCUT2D eigenvalue weighted by atomic mass is 10.0. The van der Waals surface area contributed by atoms with Crippen molar-refractivity contribution < 1.29 is 13.2 Å². The van der Waals surface area contributed by atoms with Gasteiger partial charge in [-0.1, -0.05) is 24.3 Å². The zero-order valence-corrected chi connectivity index (χ0v) is 13.3. The third-order valence-electron chi connectivity index (χ3n) is 4.51. The van der Waals surface area contributed by atoms with Gasteiger partial charge in [0, 0.05) is 18.4 Å². The Bertz CT molecular complexity index is 885. The predicted octanol–water partition coefficient (Wildman–Crippen LogP) is 4.66. The number of anilines is 1. The second-order valence-corrected chi connectivity index (χ2v) is 6.15. The van der Waals surface area contributed by atoms with Crippen molar-refractivity contribution in [2.75, 3.05) is 11.4 Å². The maximum absolute atomic E-state index is 13.0. The number of aromatic amines is 1. The summed E-state index contributed by atoms with van der Waals surface area (Å²) in [6.07, 6.45) is 0.0986. The molecule has 3 nitrogen and oxygen atoms in total. The first kappa shape index (κ1) is 15.7. The summed E-state index contributed by atoms with van der Waals surface area (Å²) < 4.78 is 38.9. The summed E-state index contributed by atoms with van der Waals surface area (Å²) in [6, 6.07) is 11.3. The molecule has 0 saturated carbocycles. The normalized spacial score (nSPS) is 14.0. The van der Waals surface area contributed by atoms with E-state index in [9.17, 15) is 13.2 Å². The minimum absolute atomic E-state index is 0.573. The van der Waals surface area contributed by atoms with Gasteiger partial charge in [-0.05, 0) is 41.3 Å². The van der Waals surface area contributed by atoms with E-state index in [0.29, 0.717) is 12.1 Å². The van der Waals surface area contributed by atoms with Crippen molar-refractivity contribution in [1.29, 1.82) is 0 Å². The van der Waals surface area contributed by atoms with Gasteiger partial charge in [0.1, 0.15) is 0 Å². The van der Waals surface area contributed by atoms with Crippen LogP contribution < -0.4 is 4.90 Å². The summed E-state index contributed by atoms with van der Waals surface area (Å²) in [5.74, 6) is 0. The van der Waals surface area contributed by atoms with Crippen LogP contribution in [0.1, 0.15) is 16.8 Å². The molecule has 0 radical (unpaired) electrons. The predicted molar refractivity (Wildman–Crippen MR) is 90.2 cm³/mol. The average Bonchev–Trinajstić information content (AvgIpc) is 3.24. The molecule has 2 heterocycles. The topological polar surface area (TPSA) is 31.9 Å². The number of halogens is 3. The number of nitrogens with zero attached hydrogens (tertiary/aromatic N) is 2. The Morgan fingerprint density at radius 2 is 1.92 bits per heavy atom. The fourth-order valence-corrected chi connectivity index (χ4v) is 3.24. The molecule has 1 N–H and O–H groups in total. The minimum atomic E-state index is -4.33. The molecule has 0 atom stereocenters. The first-order valence-electron chi connectivity index (χ1n) is 8.04. The zero-order chi connectivity index (χ0) is 17.4. The fraction of sp³-hybridized carbons (Fsp3) is 0.211. The van der Waals surface area contributed by atoms with Crippen LogP contribution in [0.2, 0.25) is 0 Å². The molecule has 0 aliphatic carbocycles. The highest BCUT2D eigenvalue weighted by atomic mass is 19.4. The van der Waals surface area contributed by atoms with Crippen molar-refractivity contribution in [3.8, 4) is 11.1 Å². The lowest BCUT2D eigenvalue weighted by Gasteiger charge is -2.19. The molecule has 1 aromatic heterocycles. The third kappa shape index (κ3) is 3.12. The van der Waals surface area contributed by atoms with E-state index >= 15 is 0 Å². The van der Waals surface area contributed by atoms with Crippen molar-refractivity contribution in [3.63, 3.8) is 0 Å². The number of aromatic nitrogens is 2. The smallest absolute Gasteiger partial charge is 0.365 e. The SMILES string of the molecule is FC(F)(F)c1cccc(-c2ccc3c(c2)N(Cc2c[nH]cn2)CC3)c1. The van der Waals surface area contributed by atoms with Gasteiger partial charge >= 0.3 is 6.18 Å². The van der Waals surface area contributed by atoms with Gasteiger partial charge in [0.25, 0.3) is 0 Å². The summed E-state index contributed by atoms with van der Waals surface area (Å²) in [7, 11) is 0. The van der Waals surface area contributed by atoms with Crippen molar-refractivity contribution in [2.24, 2.45) is 0 Å². The van der Waals surface area contributed by atoms with E-state index in [1.807, 2.05) is 24.4 Å². The Morgan fingerprint density at radius 3 is 2.68 bits per heavy atom. The number of alkyl halides is 3. The standard InChI is InChI=1S/C19H16F3N3/c20-19(21,22)16-3-1-2-14(8-16)15-5-4-13-6-7-25(18(13)9-15)11-17-10-23-12-24-17/h1-5,8-10,12H,6-7,11H2,(H,23,24). The summed E-state index contributed by atoms with van der Waals surface area (Å²) in [5, 5.41) is 0. The van der Waals surface area contributed by atoms with Crippen LogP contribution in [0.15, 0.2) is 55.0 Å². The van der Waals surface area contributed by atoms with Gasteiger partial charge < -0.3 is 9.88 Å². The first-order chi connectivity index (χ1) is 12.0. The maximum atomic E-state index is 13.0. The molecular weight excluding hydrogens is 327 g/mol. The quantitative estimate of drug-likeness (QED) is 0.750. The van der Waals surface area contributed by atoms with Crippen molar-refractivity contribution in [3.05, 3.63) is 71.8 Å². The molecule has 0 bridgehead atoms. The van der Waals surface area contributed by atoms with Crippen LogP contribution in [0.25, 0.3) is 11.1 Å². The van der Waals surface area contributed by atoms with Crippen LogP contribution in [0.3, 0.4) is 0 Å². The van der Waals surface area contributed by atoms with Crippen molar-refractivity contribution >= 4 is 5.69 Å². The maximum Gasteiger partial charge on any atom is 0.416 e. The molecule has 0 spiro atoms. The Hall–Kier alpha value is -2.76. The lowest BCUT2D eigenvalue weighted by molar-refractivity contribution is -0.137. The molecule has 3 aromatic rings. The van der Waals surface area contributed by atoms with Gasteiger partial charge in [0.05, 0.1) is 24.1 Å². The van der Waals surface area contributed by atoms with E-state index in [2.05, 4.69) is 14.9 Å². The van der Waals surface area contributed by atoms with E-state index in [-0.39, 0.29) is 0 Å². The van der Waals surface area contributed by atoms with Gasteiger partial charge in [-0.3, -0.25) is 0 Å². The van der Waals surface area contributed by atoms with Gasteiger partial charge in [-0.15, -0.1) is 0 Å². The Morgan fingerprint density at radius 1 is 1.08 bits per heavy atom. The molecule has 0 amide bonds. The molecule has 0 saturated heterocycles. The van der Waals surface area contributed by atoms with Crippen LogP contribution >= 0.6 is 0 Å². The molecule has 2 aromatic carbocycles. The molecule has 0 unspecified atom stereocenters. The van der Waals surface area contributed by atoms with Gasteiger partial charge in [0.15, 0.2) is 0 Å². The summed E-state index contributed by atoms with van der Waals surface area (Å²) in [5.41, 5.74) is 3.96. The van der Waals surface area contributed by atoms with Crippen LogP contribution in [-0.4, -0.2) is 16.5 Å². The summed E-state index contributed by atoms with van der Waals surface area (Å²) >= 11 is 0. The fourth-order valence-electron chi connectivity index (χ4n) is 3.24. The van der Waals surface area contributed by atoms with Gasteiger partial charge in [-0.25, -0.2) is 4.98 Å². The molecule has 4 rings (SSSR count). The molecular formula is C19H16F3N3. The number of nitrogens with one attached hydrogen (secondary N) is 1. The van der Waals surface area contributed by atoms with Crippen LogP contribution in [-0.2, 0) is 19.1 Å². The number of fused-ring (bicyclic) bond motifs is 1. The monoisotopic (exact) mass is 343 g/mol. The molecule has 128 valence electrons. The number of imidazole rings is 1. The van der Waals surface area contributed by atoms with Gasteiger partial charge in [0.2, 0.25) is 0 Å². The van der Waals surface area contributed by atoms with Crippen LogP contribution in [0.4, 0.5) is 18.9 Å². The molecule has 0 fully saturated rings. The Kier molecular flexibility index (Phi) is 3.75. The van der Waals surface area contributed by atoms with Crippen molar-refractivity contribution in [2.45, 2.75) is 19.1 Å². The average molecular weight is 343 g/mol. The highest BCUT2D eigenvalue weighted by Gasteiger charge is 2.30. The number of hydrogen-bond acceptors (Lipinski definition) is 2. The van der Waals surface area contributed by atoms with Gasteiger partial charge in [-0.2, -0.15) is 13.2 Å². The molecule has 6 heteroatoms. The van der Waals surface area contributed by atoms with Crippen LogP contribution in [0.5, 0.6) is 0 Å². The number of benzene rings is 2. The Balaban J connectivity index is 1.67. The summed E-state index contributed by atoms with van der Waals surface area (Å²) in [6.45, 7) is 1.57. The second-order valence-electron chi connectivity index (χ2n) is 6.15. The number of rotatable bonds is 3. The third-order valence-corrected chi connectivity index (χ3v) is 4.51. The largest absolute Gasteiger partial charge is 0.416 e. The van der Waals surface area contributed by atoms with E-state index in [1.54, 1.807) is 12.4 Å². The van der Waals surface area contributed by atoms with Crippen molar-refractivity contribution in [1.82, 2.24) is 9.97 Å². The first-order valence-corrected chi connectivity index (χ1v) is 8.04. The van der Waals surface area contributed by atoms with E-state index < -0.39 is 11.7 Å². The van der Waals surface area contributed by atoms with Crippen LogP contribution in [0, 0.1) is 0 Å². The second kappa shape index (κ2) is 5.95. The Labute approximate surface area is 143 Å². The minimum Gasteiger partial charge on any atom is -0.365 e. The summed E-state index contributed by atoms with van der Waals surface area (Å²) in [4.78, 5) is 9.40. The molecule has 1 aliphatic heterocycles. The van der Waals surface area contributed by atoms with E-state index in [1.165, 1.54) is 17.7 Å². The van der Waals surface area contributed by atoms with E-state index in [4.69, 9.17) is 0 Å². The lowest BCUT2D eigenvalue weighted by Crippen LogP contribution is -2.19. The van der Waals surface area contributed by atoms with E-state index in [0.717, 1.165) is 36.0 Å². The highest BCUT2D eigenvalue weighted by Crippen LogP contribution is 2.36. The number of H-pyrrole nitrogens is 1.